The van der Waals surface area contributed by atoms with Gasteiger partial charge in [0, 0.05) is 10.6 Å². The predicted molar refractivity (Wildman–Crippen MR) is 57.6 cm³/mol. The monoisotopic (exact) mass is 259 g/mol. The molecule has 0 unspecified atom stereocenters. The number of hydrogen-bond donors (Lipinski definition) is 2. The van der Waals surface area contributed by atoms with Crippen LogP contribution in [0, 0.1) is 0 Å². The Morgan fingerprint density at radius 3 is 2.13 bits per heavy atom. The van der Waals surface area contributed by atoms with E-state index in [9.17, 15) is 13.2 Å². The Hall–Kier alpha value is -0.110. The third-order valence-corrected chi connectivity index (χ3v) is 2.02. The summed E-state index contributed by atoms with van der Waals surface area (Å²) < 4.78 is 30.3. The standard InChI is InChI=1S/C7H6ClNO4S.Na.H/c8-6-3-1-5(2-4-6)7(10)9-14(11,12)13;;/h1-4H,(H,9,10)(H,11,12,13);;. The first-order valence-corrected chi connectivity index (χ1v) is 5.25. The van der Waals surface area contributed by atoms with Gasteiger partial charge in [-0.25, -0.2) is 4.72 Å². The first-order valence-electron chi connectivity index (χ1n) is 3.43. The number of hydrogen-bond acceptors (Lipinski definition) is 3. The van der Waals surface area contributed by atoms with Crippen LogP contribution < -0.4 is 4.72 Å². The van der Waals surface area contributed by atoms with Crippen molar-refractivity contribution in [1.29, 1.82) is 0 Å². The third kappa shape index (κ3) is 5.50. The van der Waals surface area contributed by atoms with Gasteiger partial charge in [0.05, 0.1) is 0 Å². The SMILES string of the molecule is O=C(NS(=O)(=O)O)c1ccc(Cl)cc1.[NaH]. The number of rotatable bonds is 2. The van der Waals surface area contributed by atoms with Crippen LogP contribution in [0.25, 0.3) is 0 Å². The second-order valence-corrected chi connectivity index (χ2v) is 4.00. The summed E-state index contributed by atoms with van der Waals surface area (Å²) in [6.45, 7) is 0. The Morgan fingerprint density at radius 2 is 1.73 bits per heavy atom. The molecule has 1 rings (SSSR count). The number of halogens is 1. The number of nitrogens with one attached hydrogen (secondary N) is 1. The molecule has 1 aromatic rings. The quantitative estimate of drug-likeness (QED) is 0.588. The van der Waals surface area contributed by atoms with Crippen molar-refractivity contribution in [1.82, 2.24) is 4.72 Å². The van der Waals surface area contributed by atoms with Crippen LogP contribution in [0.15, 0.2) is 24.3 Å². The summed E-state index contributed by atoms with van der Waals surface area (Å²) >= 11 is 5.55. The summed E-state index contributed by atoms with van der Waals surface area (Å²) in [6, 6.07) is 5.53. The predicted octanol–water partition coefficient (Wildman–Crippen LogP) is 0.224. The van der Waals surface area contributed by atoms with Gasteiger partial charge in [0.2, 0.25) is 0 Å². The summed E-state index contributed by atoms with van der Waals surface area (Å²) in [7, 11) is -4.51. The second kappa shape index (κ2) is 5.83. The van der Waals surface area contributed by atoms with E-state index >= 15 is 0 Å². The summed E-state index contributed by atoms with van der Waals surface area (Å²) in [6.07, 6.45) is 0. The molecule has 0 aliphatic carbocycles. The molecule has 1 aromatic carbocycles. The summed E-state index contributed by atoms with van der Waals surface area (Å²) in [5.74, 6) is -0.913. The van der Waals surface area contributed by atoms with E-state index in [1.807, 2.05) is 0 Å². The van der Waals surface area contributed by atoms with E-state index in [1.165, 1.54) is 29.0 Å². The molecule has 0 aromatic heterocycles. The van der Waals surface area contributed by atoms with Crippen LogP contribution >= 0.6 is 11.6 Å². The molecule has 0 spiro atoms. The average Bonchev–Trinajstić information content (AvgIpc) is 2.02. The average molecular weight is 260 g/mol. The van der Waals surface area contributed by atoms with Crippen LogP contribution in [0.3, 0.4) is 0 Å². The van der Waals surface area contributed by atoms with Crippen molar-refractivity contribution in [2.24, 2.45) is 0 Å². The molecule has 0 aliphatic heterocycles. The van der Waals surface area contributed by atoms with Gasteiger partial charge in [-0.1, -0.05) is 11.6 Å². The van der Waals surface area contributed by atoms with E-state index < -0.39 is 16.2 Å². The van der Waals surface area contributed by atoms with E-state index in [-0.39, 0.29) is 35.1 Å². The Morgan fingerprint density at radius 1 is 1.27 bits per heavy atom. The number of benzene rings is 1. The molecule has 1 amide bonds. The van der Waals surface area contributed by atoms with Crippen molar-refractivity contribution >= 4 is 57.4 Å². The Kier molecular flexibility index (Phi) is 5.79. The Labute approximate surface area is 114 Å². The maximum atomic E-state index is 11.1. The van der Waals surface area contributed by atoms with Crippen molar-refractivity contribution < 1.29 is 17.8 Å². The van der Waals surface area contributed by atoms with Gasteiger partial charge in [-0.3, -0.25) is 9.35 Å². The van der Waals surface area contributed by atoms with Crippen LogP contribution in [-0.2, 0) is 10.3 Å². The van der Waals surface area contributed by atoms with Gasteiger partial charge >= 0.3 is 39.9 Å². The molecule has 78 valence electrons. The molecule has 0 radical (unpaired) electrons. The van der Waals surface area contributed by atoms with E-state index in [4.69, 9.17) is 16.2 Å². The molecule has 2 N–H and O–H groups in total. The second-order valence-electron chi connectivity index (χ2n) is 2.41. The molecule has 15 heavy (non-hydrogen) atoms. The van der Waals surface area contributed by atoms with Crippen LogP contribution in [0.4, 0.5) is 0 Å². The zero-order valence-corrected chi connectivity index (χ0v) is 8.34. The minimum absolute atomic E-state index is 0. The van der Waals surface area contributed by atoms with Gasteiger partial charge in [-0.2, -0.15) is 8.42 Å². The van der Waals surface area contributed by atoms with Crippen molar-refractivity contribution in [2.75, 3.05) is 0 Å². The van der Waals surface area contributed by atoms with Gasteiger partial charge in [0.25, 0.3) is 5.91 Å². The van der Waals surface area contributed by atoms with Crippen molar-refractivity contribution in [2.45, 2.75) is 0 Å². The van der Waals surface area contributed by atoms with Crippen LogP contribution in [0.2, 0.25) is 5.02 Å². The van der Waals surface area contributed by atoms with Crippen molar-refractivity contribution in [3.63, 3.8) is 0 Å². The molecule has 0 atom stereocenters. The molecule has 0 fully saturated rings. The maximum absolute atomic E-state index is 11.1. The normalized spacial score (nSPS) is 10.3. The van der Waals surface area contributed by atoms with E-state index in [2.05, 4.69) is 0 Å². The molecule has 0 heterocycles. The van der Waals surface area contributed by atoms with Gasteiger partial charge in [0.1, 0.15) is 0 Å². The molecule has 0 saturated carbocycles. The molecular weight excluding hydrogens is 253 g/mol. The fourth-order valence-corrected chi connectivity index (χ4v) is 1.26. The van der Waals surface area contributed by atoms with Gasteiger partial charge in [-0.15, -0.1) is 0 Å². The van der Waals surface area contributed by atoms with Gasteiger partial charge < -0.3 is 0 Å². The van der Waals surface area contributed by atoms with Crippen LogP contribution in [-0.4, -0.2) is 48.4 Å². The number of carbonyl (C=O) groups is 1. The van der Waals surface area contributed by atoms with E-state index in [0.29, 0.717) is 5.02 Å². The summed E-state index contributed by atoms with van der Waals surface area (Å²) in [5, 5.41) is 0.424. The molecule has 0 saturated heterocycles. The molecular formula is C7H7ClNNaO4S. The first-order chi connectivity index (χ1) is 6.38. The van der Waals surface area contributed by atoms with Gasteiger partial charge in [-0.05, 0) is 24.3 Å². The van der Waals surface area contributed by atoms with Crippen LogP contribution in [0.1, 0.15) is 10.4 Å². The topological polar surface area (TPSA) is 83.5 Å². The number of carbonyl (C=O) groups excluding carboxylic acids is 1. The van der Waals surface area contributed by atoms with E-state index in [1.54, 1.807) is 0 Å². The molecule has 5 nitrogen and oxygen atoms in total. The van der Waals surface area contributed by atoms with Gasteiger partial charge in [0.15, 0.2) is 0 Å². The third-order valence-electron chi connectivity index (χ3n) is 1.33. The summed E-state index contributed by atoms with van der Waals surface area (Å²) in [4.78, 5) is 11.1. The summed E-state index contributed by atoms with van der Waals surface area (Å²) in [5.41, 5.74) is 0.0898. The fraction of sp³-hybridized carbons (Fsp3) is 0. The Bertz CT molecular complexity index is 445. The van der Waals surface area contributed by atoms with E-state index in [0.717, 1.165) is 0 Å². The number of amides is 1. The molecule has 8 heteroatoms. The van der Waals surface area contributed by atoms with Crippen LogP contribution in [0.5, 0.6) is 0 Å². The molecule has 0 bridgehead atoms. The zero-order chi connectivity index (χ0) is 10.8. The molecule has 0 aliphatic rings. The van der Waals surface area contributed by atoms with Crippen molar-refractivity contribution in [3.8, 4) is 0 Å². The Balaban J connectivity index is 0.00000196. The first kappa shape index (κ1) is 14.9. The fourth-order valence-electron chi connectivity index (χ4n) is 0.777. The van der Waals surface area contributed by atoms with Crippen molar-refractivity contribution in [3.05, 3.63) is 34.9 Å². The minimum atomic E-state index is -4.51. The zero-order valence-electron chi connectivity index (χ0n) is 6.77.